The number of nitrogens with zero attached hydrogens (tertiary/aromatic N) is 9. The van der Waals surface area contributed by atoms with Crippen LogP contribution in [0.3, 0.4) is 0 Å². The first kappa shape index (κ1) is 16.4. The SMILES string of the molecule is Cc1nn(C)c(C)c1C(=O)N1CC(C)(c2cn(-c3cnnn3C)nn2)C1. The third-order valence-corrected chi connectivity index (χ3v) is 5.13. The Hall–Kier alpha value is -3.04. The molecule has 4 heterocycles. The zero-order valence-corrected chi connectivity index (χ0v) is 15.5. The van der Waals surface area contributed by atoms with Crippen molar-refractivity contribution in [3.8, 4) is 5.82 Å². The molecule has 0 radical (unpaired) electrons. The van der Waals surface area contributed by atoms with Gasteiger partial charge < -0.3 is 4.90 Å². The predicted octanol–water partition coefficient (Wildman–Crippen LogP) is 0.160. The molecule has 10 nitrogen and oxygen atoms in total. The summed E-state index contributed by atoms with van der Waals surface area (Å²) in [6.07, 6.45) is 3.51. The van der Waals surface area contributed by atoms with E-state index < -0.39 is 0 Å². The lowest BCUT2D eigenvalue weighted by Gasteiger charge is -2.46. The second-order valence-electron chi connectivity index (χ2n) is 7.16. The van der Waals surface area contributed by atoms with Crippen molar-refractivity contribution in [3.63, 3.8) is 0 Å². The van der Waals surface area contributed by atoms with E-state index in [4.69, 9.17) is 0 Å². The molecular weight excluding hydrogens is 334 g/mol. The van der Waals surface area contributed by atoms with Crippen LogP contribution < -0.4 is 0 Å². The van der Waals surface area contributed by atoms with Gasteiger partial charge in [0.15, 0.2) is 5.82 Å². The lowest BCUT2D eigenvalue weighted by atomic mass is 9.79. The van der Waals surface area contributed by atoms with Crippen LogP contribution in [-0.2, 0) is 19.5 Å². The van der Waals surface area contributed by atoms with Crippen LogP contribution in [0.25, 0.3) is 5.82 Å². The van der Waals surface area contributed by atoms with E-state index in [2.05, 4.69) is 32.6 Å². The summed E-state index contributed by atoms with van der Waals surface area (Å²) >= 11 is 0. The summed E-state index contributed by atoms with van der Waals surface area (Å²) in [7, 11) is 3.65. The quantitative estimate of drug-likeness (QED) is 0.663. The van der Waals surface area contributed by atoms with Gasteiger partial charge in [-0.3, -0.25) is 9.48 Å². The number of amides is 1. The number of hydrogen-bond donors (Lipinski definition) is 0. The van der Waals surface area contributed by atoms with Crippen LogP contribution in [0.4, 0.5) is 0 Å². The van der Waals surface area contributed by atoms with Crippen LogP contribution in [-0.4, -0.2) is 63.7 Å². The second-order valence-corrected chi connectivity index (χ2v) is 7.16. The maximum atomic E-state index is 12.8. The first-order valence-corrected chi connectivity index (χ1v) is 8.37. The molecule has 0 saturated carbocycles. The molecule has 1 fully saturated rings. The zero-order valence-electron chi connectivity index (χ0n) is 15.5. The maximum Gasteiger partial charge on any atom is 0.257 e. The average Bonchev–Trinajstić information content (AvgIpc) is 3.25. The molecule has 0 unspecified atom stereocenters. The Balaban J connectivity index is 1.52. The van der Waals surface area contributed by atoms with Gasteiger partial charge in [0.05, 0.1) is 29.3 Å². The van der Waals surface area contributed by atoms with Gasteiger partial charge in [-0.15, -0.1) is 10.2 Å². The van der Waals surface area contributed by atoms with E-state index in [1.54, 1.807) is 27.3 Å². The van der Waals surface area contributed by atoms with Crippen molar-refractivity contribution in [1.82, 2.24) is 44.7 Å². The fourth-order valence-electron chi connectivity index (χ4n) is 3.49. The molecule has 1 aliphatic rings. The summed E-state index contributed by atoms with van der Waals surface area (Å²) < 4.78 is 5.03. The summed E-state index contributed by atoms with van der Waals surface area (Å²) in [6, 6.07) is 0. The highest BCUT2D eigenvalue weighted by Gasteiger charge is 2.45. The van der Waals surface area contributed by atoms with Crippen molar-refractivity contribution < 1.29 is 4.79 Å². The molecule has 26 heavy (non-hydrogen) atoms. The van der Waals surface area contributed by atoms with Crippen LogP contribution in [0.15, 0.2) is 12.4 Å². The van der Waals surface area contributed by atoms with Crippen molar-refractivity contribution >= 4 is 5.91 Å². The first-order chi connectivity index (χ1) is 12.3. The van der Waals surface area contributed by atoms with Crippen molar-refractivity contribution in [3.05, 3.63) is 35.0 Å². The Kier molecular flexibility index (Phi) is 3.46. The maximum absolute atomic E-state index is 12.8. The number of rotatable bonds is 3. The highest BCUT2D eigenvalue weighted by Crippen LogP contribution is 2.34. The highest BCUT2D eigenvalue weighted by molar-refractivity contribution is 5.97. The Morgan fingerprint density at radius 3 is 2.46 bits per heavy atom. The summed E-state index contributed by atoms with van der Waals surface area (Å²) in [4.78, 5) is 14.7. The largest absolute Gasteiger partial charge is 0.337 e. The van der Waals surface area contributed by atoms with Crippen molar-refractivity contribution in [2.45, 2.75) is 26.2 Å². The highest BCUT2D eigenvalue weighted by atomic mass is 16.2. The third kappa shape index (κ3) is 2.32. The van der Waals surface area contributed by atoms with Crippen LogP contribution in [0.2, 0.25) is 0 Å². The molecule has 1 aliphatic heterocycles. The van der Waals surface area contributed by atoms with E-state index in [1.807, 2.05) is 32.0 Å². The number of hydrogen-bond acceptors (Lipinski definition) is 6. The standard InChI is InChI=1S/C16H21N9O/c1-10-14(11(2)22(4)19-10)15(26)24-8-16(3,9-24)12-7-25(21-18-12)13-6-17-20-23(13)5/h6-7H,8-9H2,1-5H3. The van der Waals surface area contributed by atoms with E-state index in [-0.39, 0.29) is 11.3 Å². The van der Waals surface area contributed by atoms with Crippen LogP contribution >= 0.6 is 0 Å². The van der Waals surface area contributed by atoms with Crippen molar-refractivity contribution in [2.24, 2.45) is 14.1 Å². The molecule has 4 rings (SSSR count). The minimum absolute atomic E-state index is 0.0220. The molecule has 1 amide bonds. The van der Waals surface area contributed by atoms with Crippen LogP contribution in [0.5, 0.6) is 0 Å². The second kappa shape index (κ2) is 5.48. The van der Waals surface area contributed by atoms with E-state index in [1.165, 1.54) is 0 Å². The zero-order chi connectivity index (χ0) is 18.6. The van der Waals surface area contributed by atoms with Gasteiger partial charge in [0.25, 0.3) is 5.91 Å². The van der Waals surface area contributed by atoms with Gasteiger partial charge >= 0.3 is 0 Å². The van der Waals surface area contributed by atoms with E-state index in [0.717, 1.165) is 22.9 Å². The molecule has 0 N–H and O–H groups in total. The monoisotopic (exact) mass is 355 g/mol. The smallest absolute Gasteiger partial charge is 0.257 e. The first-order valence-electron chi connectivity index (χ1n) is 8.37. The lowest BCUT2D eigenvalue weighted by Crippen LogP contribution is -2.60. The van der Waals surface area contributed by atoms with Gasteiger partial charge in [-0.2, -0.15) is 5.10 Å². The Morgan fingerprint density at radius 1 is 1.15 bits per heavy atom. The van der Waals surface area contributed by atoms with Gasteiger partial charge in [0, 0.05) is 38.3 Å². The van der Waals surface area contributed by atoms with Gasteiger partial charge in [-0.05, 0) is 13.8 Å². The number of likely N-dealkylation sites (tertiary alicyclic amines) is 1. The van der Waals surface area contributed by atoms with Crippen molar-refractivity contribution in [2.75, 3.05) is 13.1 Å². The fourth-order valence-corrected chi connectivity index (χ4v) is 3.49. The van der Waals surface area contributed by atoms with E-state index in [9.17, 15) is 4.79 Å². The van der Waals surface area contributed by atoms with Gasteiger partial charge in [0.1, 0.15) is 0 Å². The Morgan fingerprint density at radius 2 is 1.88 bits per heavy atom. The van der Waals surface area contributed by atoms with Crippen molar-refractivity contribution in [1.29, 1.82) is 0 Å². The normalized spacial score (nSPS) is 16.0. The number of carbonyl (C=O) groups excluding carboxylic acids is 1. The number of aryl methyl sites for hydroxylation is 3. The lowest BCUT2D eigenvalue weighted by molar-refractivity contribution is 0.0422. The molecule has 0 bridgehead atoms. The Bertz CT molecular complexity index is 989. The summed E-state index contributed by atoms with van der Waals surface area (Å²) in [6.45, 7) is 7.08. The molecule has 0 spiro atoms. The number of aromatic nitrogens is 8. The van der Waals surface area contributed by atoms with Gasteiger partial charge in [0.2, 0.25) is 0 Å². The molecule has 1 saturated heterocycles. The van der Waals surface area contributed by atoms with Gasteiger partial charge in [-0.1, -0.05) is 17.4 Å². The molecular formula is C16H21N9O. The molecule has 10 heteroatoms. The molecule has 0 aromatic carbocycles. The predicted molar refractivity (Wildman–Crippen MR) is 91.9 cm³/mol. The average molecular weight is 355 g/mol. The number of carbonyl (C=O) groups is 1. The molecule has 136 valence electrons. The minimum atomic E-state index is -0.218. The van der Waals surface area contributed by atoms with Gasteiger partial charge in [-0.25, -0.2) is 9.36 Å². The van der Waals surface area contributed by atoms with Crippen LogP contribution in [0.1, 0.15) is 34.4 Å². The molecule has 3 aromatic rings. The summed E-state index contributed by atoms with van der Waals surface area (Å²) in [5.41, 5.74) is 2.97. The third-order valence-electron chi connectivity index (χ3n) is 5.13. The van der Waals surface area contributed by atoms with E-state index in [0.29, 0.717) is 18.7 Å². The van der Waals surface area contributed by atoms with Crippen LogP contribution in [0, 0.1) is 13.8 Å². The Labute approximate surface area is 150 Å². The molecule has 0 atom stereocenters. The molecule has 3 aromatic heterocycles. The minimum Gasteiger partial charge on any atom is -0.337 e. The molecule has 0 aliphatic carbocycles. The van der Waals surface area contributed by atoms with E-state index >= 15 is 0 Å². The summed E-state index contributed by atoms with van der Waals surface area (Å²) in [5.74, 6) is 0.759. The fraction of sp³-hybridized carbons (Fsp3) is 0.500. The topological polar surface area (TPSA) is 99.6 Å². The summed E-state index contributed by atoms with van der Waals surface area (Å²) in [5, 5.41) is 20.6.